The van der Waals surface area contributed by atoms with Gasteiger partial charge >= 0.3 is 7.48 Å². The number of hydrogen-bond acceptors (Lipinski definition) is 2. The molecule has 2 aromatic rings. The summed E-state index contributed by atoms with van der Waals surface area (Å²) in [6, 6.07) is 10.2. The van der Waals surface area contributed by atoms with Crippen LogP contribution in [0.25, 0.3) is 5.69 Å². The van der Waals surface area contributed by atoms with Crippen molar-refractivity contribution >= 4 is 22.3 Å². The molecule has 1 atom stereocenters. The van der Waals surface area contributed by atoms with Gasteiger partial charge in [-0.05, 0) is 39.0 Å². The second kappa shape index (κ2) is 5.94. The molecule has 111 valence electrons. The molecule has 3 nitrogen and oxygen atoms in total. The minimum absolute atomic E-state index is 0.0296. The van der Waals surface area contributed by atoms with Gasteiger partial charge in [0.15, 0.2) is 0 Å². The van der Waals surface area contributed by atoms with E-state index < -0.39 is 0 Å². The van der Waals surface area contributed by atoms with E-state index in [1.54, 1.807) is 13.7 Å². The third-order valence-corrected chi connectivity index (χ3v) is 4.67. The van der Waals surface area contributed by atoms with Gasteiger partial charge in [0, 0.05) is 16.9 Å². The highest BCUT2D eigenvalue weighted by Crippen LogP contribution is 2.33. The Morgan fingerprint density at radius 3 is 2.29 bits per heavy atom. The van der Waals surface area contributed by atoms with E-state index in [9.17, 15) is 0 Å². The molecule has 0 aliphatic rings. The molecule has 1 unspecified atom stereocenters. The summed E-state index contributed by atoms with van der Waals surface area (Å²) in [6.45, 7) is 10.5. The summed E-state index contributed by atoms with van der Waals surface area (Å²) in [7, 11) is 4.63. The maximum atomic E-state index is 6.02. The first kappa shape index (κ1) is 16.3. The highest BCUT2D eigenvalue weighted by Gasteiger charge is 2.34. The lowest BCUT2D eigenvalue weighted by atomic mass is 9.87. The van der Waals surface area contributed by atoms with Crippen molar-refractivity contribution in [2.24, 2.45) is 0 Å². The molecule has 0 aliphatic heterocycles. The molecule has 0 aliphatic carbocycles. The number of benzene rings is 1. The molecule has 1 aromatic heterocycles. The van der Waals surface area contributed by atoms with Crippen molar-refractivity contribution in [3.05, 3.63) is 42.1 Å². The summed E-state index contributed by atoms with van der Waals surface area (Å²) in [5.74, 6) is 0. The first-order chi connectivity index (χ1) is 9.71. The lowest BCUT2D eigenvalue weighted by Gasteiger charge is -2.38. The zero-order chi connectivity index (χ0) is 15.7. The fourth-order valence-electron chi connectivity index (χ4n) is 1.66. The van der Waals surface area contributed by atoms with Crippen molar-refractivity contribution in [3.8, 4) is 5.69 Å². The fourth-order valence-corrected chi connectivity index (χ4v) is 1.73. The number of aromatic nitrogens is 2. The number of aryl methyl sites for hydroxylation is 1. The SMILES string of the molecule is Cc1ccc(-n2nccc2[B]OC(C)(C)C(C)(C)P)cc1. The normalized spacial score (nSPS) is 12.5. The first-order valence-electron chi connectivity index (χ1n) is 7.12. The van der Waals surface area contributed by atoms with Crippen LogP contribution in [0.4, 0.5) is 0 Å². The molecule has 1 aromatic carbocycles. The van der Waals surface area contributed by atoms with Crippen molar-refractivity contribution in [2.45, 2.75) is 45.4 Å². The third kappa shape index (κ3) is 3.75. The fraction of sp³-hybridized carbons (Fsp3) is 0.438. The highest BCUT2D eigenvalue weighted by atomic mass is 31.0. The van der Waals surface area contributed by atoms with Crippen LogP contribution in [0.15, 0.2) is 36.5 Å². The van der Waals surface area contributed by atoms with E-state index in [4.69, 9.17) is 4.65 Å². The van der Waals surface area contributed by atoms with Gasteiger partial charge in [-0.3, -0.25) is 0 Å². The molecule has 2 rings (SSSR count). The molecule has 0 N–H and O–H groups in total. The molecule has 1 radical (unpaired) electrons. The molecule has 1 heterocycles. The van der Waals surface area contributed by atoms with Gasteiger partial charge in [0.05, 0.1) is 11.3 Å². The van der Waals surface area contributed by atoms with Crippen LogP contribution in [0, 0.1) is 6.92 Å². The molecule has 0 saturated carbocycles. The Morgan fingerprint density at radius 1 is 1.10 bits per heavy atom. The van der Waals surface area contributed by atoms with Crippen molar-refractivity contribution < 1.29 is 4.65 Å². The molecule has 5 heteroatoms. The predicted octanol–water partition coefficient (Wildman–Crippen LogP) is 2.87. The topological polar surface area (TPSA) is 27.1 Å². The minimum Gasteiger partial charge on any atom is -0.427 e. The van der Waals surface area contributed by atoms with Crippen LogP contribution in [0.1, 0.15) is 33.3 Å². The average molecular weight is 301 g/mol. The van der Waals surface area contributed by atoms with Crippen molar-refractivity contribution in [2.75, 3.05) is 0 Å². The van der Waals surface area contributed by atoms with Crippen LogP contribution in [0.5, 0.6) is 0 Å². The number of rotatable bonds is 5. The van der Waals surface area contributed by atoms with E-state index in [1.807, 2.05) is 10.7 Å². The largest absolute Gasteiger partial charge is 0.427 e. The van der Waals surface area contributed by atoms with Crippen LogP contribution < -0.4 is 5.59 Å². The minimum atomic E-state index is -0.292. The van der Waals surface area contributed by atoms with E-state index in [2.05, 4.69) is 73.2 Å². The van der Waals surface area contributed by atoms with Crippen LogP contribution in [0.2, 0.25) is 0 Å². The summed E-state index contributed by atoms with van der Waals surface area (Å²) in [5, 5.41) is 4.35. The molecular formula is C16H23BN2OP. The zero-order valence-electron chi connectivity index (χ0n) is 13.4. The summed E-state index contributed by atoms with van der Waals surface area (Å²) in [6.07, 6.45) is 1.79. The molecule has 0 spiro atoms. The zero-order valence-corrected chi connectivity index (χ0v) is 14.6. The average Bonchev–Trinajstić information content (AvgIpc) is 2.84. The number of hydrogen-bond donors (Lipinski definition) is 0. The standard InChI is InChI=1S/C16H23BN2OP/c1-12-6-8-13(9-7-12)19-14(10-11-18-19)17-20-15(2,3)16(4,5)21/h6-11H,21H2,1-5H3. The van der Waals surface area contributed by atoms with Crippen molar-refractivity contribution in [1.82, 2.24) is 9.78 Å². The predicted molar refractivity (Wildman–Crippen MR) is 92.6 cm³/mol. The van der Waals surface area contributed by atoms with E-state index >= 15 is 0 Å². The van der Waals surface area contributed by atoms with Gasteiger partial charge in [-0.2, -0.15) is 5.10 Å². The second-order valence-electron chi connectivity index (χ2n) is 6.47. The smallest absolute Gasteiger partial charge is 0.351 e. The third-order valence-electron chi connectivity index (χ3n) is 3.98. The maximum absolute atomic E-state index is 6.02. The molecule has 0 bridgehead atoms. The lowest BCUT2D eigenvalue weighted by Crippen LogP contribution is -2.46. The molecule has 0 amide bonds. The van der Waals surface area contributed by atoms with Crippen LogP contribution >= 0.6 is 9.24 Å². The lowest BCUT2D eigenvalue weighted by molar-refractivity contribution is 0.0838. The molecule has 0 fully saturated rings. The first-order valence-corrected chi connectivity index (χ1v) is 7.69. The summed E-state index contributed by atoms with van der Waals surface area (Å²) < 4.78 is 7.90. The van der Waals surface area contributed by atoms with E-state index in [-0.39, 0.29) is 10.8 Å². The Morgan fingerprint density at radius 2 is 1.71 bits per heavy atom. The second-order valence-corrected chi connectivity index (χ2v) is 7.91. The summed E-state index contributed by atoms with van der Waals surface area (Å²) in [5.41, 5.74) is 2.91. The Labute approximate surface area is 130 Å². The van der Waals surface area contributed by atoms with Crippen LogP contribution in [-0.2, 0) is 4.65 Å². The number of nitrogens with zero attached hydrogens (tertiary/aromatic N) is 2. The van der Waals surface area contributed by atoms with Crippen LogP contribution in [0.3, 0.4) is 0 Å². The Balaban J connectivity index is 2.17. The molecular weight excluding hydrogens is 278 g/mol. The maximum Gasteiger partial charge on any atom is 0.351 e. The van der Waals surface area contributed by atoms with E-state index in [1.165, 1.54) is 5.56 Å². The van der Waals surface area contributed by atoms with Crippen molar-refractivity contribution in [1.29, 1.82) is 0 Å². The van der Waals surface area contributed by atoms with Gasteiger partial charge in [0.2, 0.25) is 0 Å². The van der Waals surface area contributed by atoms with Gasteiger partial charge < -0.3 is 4.65 Å². The Kier molecular flexibility index (Phi) is 4.60. The molecule has 0 saturated heterocycles. The van der Waals surface area contributed by atoms with Gasteiger partial charge in [0.1, 0.15) is 0 Å². The van der Waals surface area contributed by atoms with Gasteiger partial charge in [-0.25, -0.2) is 4.68 Å². The van der Waals surface area contributed by atoms with E-state index in [0.717, 1.165) is 11.3 Å². The van der Waals surface area contributed by atoms with Gasteiger partial charge in [-0.15, -0.1) is 9.24 Å². The van der Waals surface area contributed by atoms with Crippen LogP contribution in [-0.4, -0.2) is 28.0 Å². The van der Waals surface area contributed by atoms with Gasteiger partial charge in [-0.1, -0.05) is 31.5 Å². The quantitative estimate of drug-likeness (QED) is 0.627. The Hall–Kier alpha value is -1.12. The summed E-state index contributed by atoms with van der Waals surface area (Å²) in [4.78, 5) is 0. The van der Waals surface area contributed by atoms with E-state index in [0.29, 0.717) is 0 Å². The molecule has 21 heavy (non-hydrogen) atoms. The Bertz CT molecular complexity index is 599. The monoisotopic (exact) mass is 301 g/mol. The van der Waals surface area contributed by atoms with Crippen molar-refractivity contribution in [3.63, 3.8) is 0 Å². The highest BCUT2D eigenvalue weighted by molar-refractivity contribution is 7.19. The summed E-state index contributed by atoms with van der Waals surface area (Å²) >= 11 is 0. The van der Waals surface area contributed by atoms with Gasteiger partial charge in [0.25, 0.3) is 0 Å².